The third-order valence-corrected chi connectivity index (χ3v) is 3.32. The molecule has 1 aliphatic rings. The summed E-state index contributed by atoms with van der Waals surface area (Å²) < 4.78 is 0. The van der Waals surface area contributed by atoms with Crippen LogP contribution in [0.2, 0.25) is 0 Å². The molecule has 6 nitrogen and oxygen atoms in total. The molecule has 0 aromatic heterocycles. The zero-order valence-electron chi connectivity index (χ0n) is 11.3. The van der Waals surface area contributed by atoms with E-state index in [9.17, 15) is 9.59 Å². The van der Waals surface area contributed by atoms with Crippen LogP contribution in [0.3, 0.4) is 0 Å². The minimum Gasteiger partial charge on any atom is -0.346 e. The van der Waals surface area contributed by atoms with Crippen LogP contribution in [-0.2, 0) is 9.59 Å². The van der Waals surface area contributed by atoms with E-state index >= 15 is 0 Å². The van der Waals surface area contributed by atoms with Crippen LogP contribution >= 0.6 is 0 Å². The van der Waals surface area contributed by atoms with Gasteiger partial charge in [-0.2, -0.15) is 0 Å². The Morgan fingerprint density at radius 3 is 2.72 bits per heavy atom. The number of hydrogen-bond acceptors (Lipinski definition) is 4. The van der Waals surface area contributed by atoms with E-state index in [4.69, 9.17) is 5.73 Å². The molecule has 0 saturated carbocycles. The lowest BCUT2D eigenvalue weighted by Gasteiger charge is -2.30. The van der Waals surface area contributed by atoms with Crippen LogP contribution in [0.1, 0.15) is 19.8 Å². The molecule has 1 unspecified atom stereocenters. The average Bonchev–Trinajstić information content (AvgIpc) is 2.56. The Kier molecular flexibility index (Phi) is 6.07. The lowest BCUT2D eigenvalue weighted by Crippen LogP contribution is -2.48. The summed E-state index contributed by atoms with van der Waals surface area (Å²) in [6, 6.07) is 0.236. The molecule has 0 aliphatic carbocycles. The van der Waals surface area contributed by atoms with Crippen molar-refractivity contribution in [2.24, 2.45) is 5.73 Å². The van der Waals surface area contributed by atoms with Crippen LogP contribution in [0.15, 0.2) is 0 Å². The summed E-state index contributed by atoms with van der Waals surface area (Å²) in [5.74, 6) is -0.303. The molecule has 1 fully saturated rings. The number of nitrogens with two attached hydrogens (primary N) is 1. The van der Waals surface area contributed by atoms with E-state index < -0.39 is 0 Å². The smallest absolute Gasteiger partial charge is 0.242 e. The Bertz CT molecular complexity index is 296. The van der Waals surface area contributed by atoms with Crippen molar-refractivity contribution in [2.45, 2.75) is 25.8 Å². The summed E-state index contributed by atoms with van der Waals surface area (Å²) in [6.07, 6.45) is 1.91. The quantitative estimate of drug-likeness (QED) is 0.676. The second-order valence-corrected chi connectivity index (χ2v) is 4.75. The Labute approximate surface area is 108 Å². The van der Waals surface area contributed by atoms with Crippen LogP contribution < -0.4 is 11.1 Å². The van der Waals surface area contributed by atoms with Crippen molar-refractivity contribution in [3.05, 3.63) is 0 Å². The van der Waals surface area contributed by atoms with Crippen molar-refractivity contribution in [1.29, 1.82) is 0 Å². The fourth-order valence-corrected chi connectivity index (χ4v) is 2.27. The van der Waals surface area contributed by atoms with Gasteiger partial charge in [0.15, 0.2) is 0 Å². The van der Waals surface area contributed by atoms with Gasteiger partial charge in [0.2, 0.25) is 11.8 Å². The van der Waals surface area contributed by atoms with Crippen molar-refractivity contribution in [1.82, 2.24) is 15.1 Å². The predicted octanol–water partition coefficient (Wildman–Crippen LogP) is -0.996. The highest BCUT2D eigenvalue weighted by atomic mass is 16.2. The number of carbonyl (C=O) groups excluding carboxylic acids is 2. The van der Waals surface area contributed by atoms with Gasteiger partial charge < -0.3 is 20.9 Å². The molecule has 1 rings (SSSR count). The standard InChI is InChI=1S/C12H24N4O2/c1-3-10-9-15(2)5-4-6-16(10)12(18)8-14-11(17)7-13/h10H,3-9,13H2,1-2H3,(H,14,17). The average molecular weight is 256 g/mol. The van der Waals surface area contributed by atoms with Crippen LogP contribution in [0.4, 0.5) is 0 Å². The topological polar surface area (TPSA) is 78.7 Å². The van der Waals surface area contributed by atoms with E-state index in [0.717, 1.165) is 32.5 Å². The summed E-state index contributed by atoms with van der Waals surface area (Å²) in [5.41, 5.74) is 5.19. The van der Waals surface area contributed by atoms with Gasteiger partial charge in [0.25, 0.3) is 0 Å². The van der Waals surface area contributed by atoms with E-state index in [1.807, 2.05) is 4.90 Å². The van der Waals surface area contributed by atoms with Gasteiger partial charge in [0, 0.05) is 19.1 Å². The molecule has 0 aromatic rings. The molecule has 18 heavy (non-hydrogen) atoms. The Hall–Kier alpha value is -1.14. The fourth-order valence-electron chi connectivity index (χ4n) is 2.27. The number of hydrogen-bond donors (Lipinski definition) is 2. The highest BCUT2D eigenvalue weighted by molar-refractivity contribution is 5.85. The maximum absolute atomic E-state index is 12.1. The van der Waals surface area contributed by atoms with Gasteiger partial charge in [0.05, 0.1) is 13.1 Å². The Morgan fingerprint density at radius 2 is 2.11 bits per heavy atom. The number of nitrogens with zero attached hydrogens (tertiary/aromatic N) is 2. The monoisotopic (exact) mass is 256 g/mol. The Morgan fingerprint density at radius 1 is 1.39 bits per heavy atom. The van der Waals surface area contributed by atoms with Crippen LogP contribution in [0, 0.1) is 0 Å². The Balaban J connectivity index is 2.55. The van der Waals surface area contributed by atoms with Crippen LogP contribution in [0.25, 0.3) is 0 Å². The molecule has 1 heterocycles. The highest BCUT2D eigenvalue weighted by Crippen LogP contribution is 2.11. The molecule has 3 N–H and O–H groups in total. The van der Waals surface area contributed by atoms with Crippen molar-refractivity contribution in [3.63, 3.8) is 0 Å². The number of nitrogens with one attached hydrogen (secondary N) is 1. The number of rotatable bonds is 4. The van der Waals surface area contributed by atoms with Gasteiger partial charge in [-0.15, -0.1) is 0 Å². The van der Waals surface area contributed by atoms with E-state index in [1.165, 1.54) is 0 Å². The van der Waals surface area contributed by atoms with Gasteiger partial charge in [-0.25, -0.2) is 0 Å². The summed E-state index contributed by atoms with van der Waals surface area (Å²) in [5, 5.41) is 2.54. The molecule has 1 aliphatic heterocycles. The minimum atomic E-state index is -0.289. The zero-order valence-corrected chi connectivity index (χ0v) is 11.3. The van der Waals surface area contributed by atoms with Gasteiger partial charge in [-0.05, 0) is 26.4 Å². The van der Waals surface area contributed by atoms with E-state index in [0.29, 0.717) is 0 Å². The predicted molar refractivity (Wildman–Crippen MR) is 70.0 cm³/mol. The molecule has 6 heteroatoms. The van der Waals surface area contributed by atoms with E-state index in [1.54, 1.807) is 0 Å². The molecule has 2 amide bonds. The van der Waals surface area contributed by atoms with Gasteiger partial charge in [-0.3, -0.25) is 9.59 Å². The minimum absolute atomic E-state index is 0.0149. The molecule has 0 aromatic carbocycles. The van der Waals surface area contributed by atoms with Crippen LogP contribution in [0.5, 0.6) is 0 Å². The van der Waals surface area contributed by atoms with Gasteiger partial charge in [-0.1, -0.05) is 6.92 Å². The molecular weight excluding hydrogens is 232 g/mol. The fraction of sp³-hybridized carbons (Fsp3) is 0.833. The van der Waals surface area contributed by atoms with Gasteiger partial charge >= 0.3 is 0 Å². The first-order valence-corrected chi connectivity index (χ1v) is 6.53. The molecule has 0 radical (unpaired) electrons. The second-order valence-electron chi connectivity index (χ2n) is 4.75. The third-order valence-electron chi connectivity index (χ3n) is 3.32. The lowest BCUT2D eigenvalue weighted by atomic mass is 10.2. The van der Waals surface area contributed by atoms with Crippen molar-refractivity contribution in [3.8, 4) is 0 Å². The number of amides is 2. The lowest BCUT2D eigenvalue weighted by molar-refractivity contribution is -0.134. The molecular formula is C12H24N4O2. The zero-order chi connectivity index (χ0) is 13.5. The van der Waals surface area contributed by atoms with Gasteiger partial charge in [0.1, 0.15) is 0 Å². The van der Waals surface area contributed by atoms with E-state index in [2.05, 4.69) is 24.2 Å². The molecule has 0 bridgehead atoms. The normalized spacial score (nSPS) is 21.5. The van der Waals surface area contributed by atoms with Crippen LogP contribution in [-0.4, -0.2) is 67.4 Å². The molecule has 1 saturated heterocycles. The summed E-state index contributed by atoms with van der Waals surface area (Å²) in [4.78, 5) is 27.3. The first kappa shape index (κ1) is 14.9. The SMILES string of the molecule is CCC1CN(C)CCCN1C(=O)CNC(=O)CN. The molecule has 1 atom stereocenters. The summed E-state index contributed by atoms with van der Waals surface area (Å²) >= 11 is 0. The number of likely N-dealkylation sites (N-methyl/N-ethyl adjacent to an activating group) is 1. The summed E-state index contributed by atoms with van der Waals surface area (Å²) in [7, 11) is 2.08. The first-order valence-electron chi connectivity index (χ1n) is 6.53. The third kappa shape index (κ3) is 4.27. The molecule has 0 spiro atoms. The maximum Gasteiger partial charge on any atom is 0.242 e. The number of carbonyl (C=O) groups is 2. The highest BCUT2D eigenvalue weighted by Gasteiger charge is 2.25. The second kappa shape index (κ2) is 7.33. The molecule has 104 valence electrons. The summed E-state index contributed by atoms with van der Waals surface area (Å²) in [6.45, 7) is 4.73. The van der Waals surface area contributed by atoms with Crippen molar-refractivity contribution >= 4 is 11.8 Å². The van der Waals surface area contributed by atoms with Crippen molar-refractivity contribution < 1.29 is 9.59 Å². The van der Waals surface area contributed by atoms with E-state index in [-0.39, 0.29) is 30.9 Å². The van der Waals surface area contributed by atoms with Crippen molar-refractivity contribution in [2.75, 3.05) is 39.8 Å². The largest absolute Gasteiger partial charge is 0.346 e. The maximum atomic E-state index is 12.1. The first-order chi connectivity index (χ1) is 8.58.